The lowest BCUT2D eigenvalue weighted by Crippen LogP contribution is -2.43. The van der Waals surface area contributed by atoms with Crippen LogP contribution in [0.5, 0.6) is 5.75 Å². The molecular formula is C21H22N2O4. The van der Waals surface area contributed by atoms with Gasteiger partial charge in [-0.05, 0) is 31.0 Å². The summed E-state index contributed by atoms with van der Waals surface area (Å²) < 4.78 is 5.67. The van der Waals surface area contributed by atoms with Gasteiger partial charge in [-0.15, -0.1) is 0 Å². The van der Waals surface area contributed by atoms with Gasteiger partial charge in [-0.3, -0.25) is 14.5 Å². The van der Waals surface area contributed by atoms with E-state index >= 15 is 0 Å². The van der Waals surface area contributed by atoms with Crippen molar-refractivity contribution in [2.75, 3.05) is 13.2 Å². The summed E-state index contributed by atoms with van der Waals surface area (Å²) in [6.07, 6.45) is 0.451. The van der Waals surface area contributed by atoms with Crippen molar-refractivity contribution in [1.29, 1.82) is 0 Å². The van der Waals surface area contributed by atoms with Gasteiger partial charge < -0.3 is 10.1 Å². The third-order valence-corrected chi connectivity index (χ3v) is 4.81. The zero-order valence-corrected chi connectivity index (χ0v) is 15.4. The maximum Gasteiger partial charge on any atom is 0.325 e. The van der Waals surface area contributed by atoms with Gasteiger partial charge in [-0.25, -0.2) is 4.79 Å². The number of para-hydroxylation sites is 1. The number of Topliss-reactive ketones (excluding diaryl/α,β-unsaturated/α-hetero) is 1. The lowest BCUT2D eigenvalue weighted by atomic mass is 9.87. The van der Waals surface area contributed by atoms with Crippen molar-refractivity contribution in [2.45, 2.75) is 25.8 Å². The average molecular weight is 366 g/mol. The summed E-state index contributed by atoms with van der Waals surface area (Å²) in [6, 6.07) is 15.7. The summed E-state index contributed by atoms with van der Waals surface area (Å²) in [4.78, 5) is 38.3. The number of ether oxygens (including phenoxy) is 1. The highest BCUT2D eigenvalue weighted by Gasteiger charge is 2.50. The quantitative estimate of drug-likeness (QED) is 0.603. The number of carbonyl (C=O) groups excluding carboxylic acids is 3. The van der Waals surface area contributed by atoms with E-state index < -0.39 is 11.6 Å². The van der Waals surface area contributed by atoms with Gasteiger partial charge in [0.15, 0.2) is 5.78 Å². The van der Waals surface area contributed by atoms with Crippen LogP contribution in [0.3, 0.4) is 0 Å². The van der Waals surface area contributed by atoms with E-state index in [9.17, 15) is 14.4 Å². The Morgan fingerprint density at radius 3 is 2.41 bits per heavy atom. The van der Waals surface area contributed by atoms with Crippen LogP contribution >= 0.6 is 0 Å². The Hall–Kier alpha value is -3.15. The molecule has 3 rings (SSSR count). The van der Waals surface area contributed by atoms with Crippen molar-refractivity contribution < 1.29 is 19.1 Å². The lowest BCUT2D eigenvalue weighted by molar-refractivity contribution is -0.132. The van der Waals surface area contributed by atoms with Gasteiger partial charge in [0, 0.05) is 0 Å². The molecule has 1 aliphatic heterocycles. The van der Waals surface area contributed by atoms with Crippen molar-refractivity contribution in [3.05, 3.63) is 65.7 Å². The Morgan fingerprint density at radius 1 is 1.07 bits per heavy atom. The van der Waals surface area contributed by atoms with E-state index in [-0.39, 0.29) is 24.8 Å². The molecule has 1 N–H and O–H groups in total. The van der Waals surface area contributed by atoms with E-state index in [2.05, 4.69) is 5.32 Å². The average Bonchev–Trinajstić information content (AvgIpc) is 2.94. The van der Waals surface area contributed by atoms with Gasteiger partial charge in [0.25, 0.3) is 5.91 Å². The van der Waals surface area contributed by atoms with Crippen LogP contribution in [0.2, 0.25) is 0 Å². The first-order chi connectivity index (χ1) is 13.0. The highest BCUT2D eigenvalue weighted by molar-refractivity contribution is 6.07. The second-order valence-corrected chi connectivity index (χ2v) is 6.41. The highest BCUT2D eigenvalue weighted by Crippen LogP contribution is 2.32. The van der Waals surface area contributed by atoms with Crippen LogP contribution in [-0.2, 0) is 10.3 Å². The van der Waals surface area contributed by atoms with Gasteiger partial charge >= 0.3 is 6.03 Å². The third-order valence-electron chi connectivity index (χ3n) is 4.81. The molecule has 0 bridgehead atoms. The molecule has 1 fully saturated rings. The summed E-state index contributed by atoms with van der Waals surface area (Å²) in [5, 5.41) is 2.84. The largest absolute Gasteiger partial charge is 0.491 e. The number of benzene rings is 2. The molecule has 6 heteroatoms. The molecule has 6 nitrogen and oxygen atoms in total. The van der Waals surface area contributed by atoms with Crippen LogP contribution in [0, 0.1) is 0 Å². The van der Waals surface area contributed by atoms with Crippen molar-refractivity contribution in [1.82, 2.24) is 10.2 Å². The number of rotatable bonds is 7. The summed E-state index contributed by atoms with van der Waals surface area (Å²) in [5.74, 6) is 0.0567. The van der Waals surface area contributed by atoms with Crippen molar-refractivity contribution >= 4 is 17.7 Å². The molecule has 1 unspecified atom stereocenters. The normalized spacial score (nSPS) is 19.1. The molecule has 1 atom stereocenters. The molecule has 1 saturated heterocycles. The first-order valence-corrected chi connectivity index (χ1v) is 8.92. The predicted molar refractivity (Wildman–Crippen MR) is 101 cm³/mol. The van der Waals surface area contributed by atoms with Crippen LogP contribution in [-0.4, -0.2) is 35.8 Å². The molecule has 0 aromatic heterocycles. The van der Waals surface area contributed by atoms with Gasteiger partial charge in [0.2, 0.25) is 0 Å². The van der Waals surface area contributed by atoms with Crippen molar-refractivity contribution in [3.8, 4) is 5.75 Å². The van der Waals surface area contributed by atoms with E-state index in [0.717, 1.165) is 5.56 Å². The van der Waals surface area contributed by atoms with E-state index in [4.69, 9.17) is 4.74 Å². The second kappa shape index (κ2) is 7.61. The summed E-state index contributed by atoms with van der Waals surface area (Å²) in [6.45, 7) is 3.55. The summed E-state index contributed by atoms with van der Waals surface area (Å²) in [5.41, 5.74) is 0.188. The molecule has 1 heterocycles. The van der Waals surface area contributed by atoms with Crippen LogP contribution < -0.4 is 10.1 Å². The Bertz CT molecular complexity index is 865. The minimum absolute atomic E-state index is 0.102. The molecule has 140 valence electrons. The van der Waals surface area contributed by atoms with E-state index in [1.807, 2.05) is 37.3 Å². The summed E-state index contributed by atoms with van der Waals surface area (Å²) >= 11 is 0. The van der Waals surface area contributed by atoms with Gasteiger partial charge in [0.1, 0.15) is 17.9 Å². The third kappa shape index (κ3) is 3.43. The molecule has 1 aliphatic rings. The first-order valence-electron chi connectivity index (χ1n) is 8.92. The van der Waals surface area contributed by atoms with Crippen LogP contribution in [0.1, 0.15) is 36.2 Å². The van der Waals surface area contributed by atoms with Crippen LogP contribution in [0.25, 0.3) is 0 Å². The Kier molecular flexibility index (Phi) is 5.26. The number of hydrogen-bond acceptors (Lipinski definition) is 4. The first kappa shape index (κ1) is 18.6. The van der Waals surface area contributed by atoms with Crippen molar-refractivity contribution in [2.24, 2.45) is 0 Å². The van der Waals surface area contributed by atoms with Gasteiger partial charge in [-0.2, -0.15) is 0 Å². The molecule has 3 amide bonds. The Balaban J connectivity index is 1.73. The maximum absolute atomic E-state index is 13.0. The maximum atomic E-state index is 13.0. The Labute approximate surface area is 158 Å². The number of nitrogens with zero attached hydrogens (tertiary/aromatic N) is 1. The lowest BCUT2D eigenvalue weighted by Gasteiger charge is -2.25. The minimum Gasteiger partial charge on any atom is -0.491 e. The Morgan fingerprint density at radius 2 is 1.74 bits per heavy atom. The minimum atomic E-state index is -1.05. The number of imide groups is 1. The second-order valence-electron chi connectivity index (χ2n) is 6.41. The number of ketones is 1. The smallest absolute Gasteiger partial charge is 0.325 e. The van der Waals surface area contributed by atoms with E-state index in [1.165, 1.54) is 11.8 Å². The number of nitrogens with one attached hydrogen (secondary N) is 1. The van der Waals surface area contributed by atoms with Gasteiger partial charge in [-0.1, -0.05) is 49.4 Å². The van der Waals surface area contributed by atoms with Gasteiger partial charge in [0.05, 0.1) is 12.1 Å². The van der Waals surface area contributed by atoms with E-state index in [0.29, 0.717) is 17.7 Å². The zero-order valence-electron chi connectivity index (χ0n) is 15.4. The molecule has 0 saturated carbocycles. The topological polar surface area (TPSA) is 75.7 Å². The number of amides is 3. The number of hydrogen-bond donors (Lipinski definition) is 1. The molecule has 0 spiro atoms. The molecule has 0 radical (unpaired) electrons. The van der Waals surface area contributed by atoms with Crippen LogP contribution in [0.4, 0.5) is 4.79 Å². The molecule has 2 aromatic carbocycles. The zero-order chi connectivity index (χ0) is 19.4. The molecular weight excluding hydrogens is 344 g/mol. The predicted octanol–water partition coefficient (Wildman–Crippen LogP) is 3.13. The number of urea groups is 1. The fourth-order valence-electron chi connectivity index (χ4n) is 3.32. The van der Waals surface area contributed by atoms with Crippen molar-refractivity contribution in [3.63, 3.8) is 0 Å². The fourth-order valence-corrected chi connectivity index (χ4v) is 3.32. The standard InChI is InChI=1S/C21H22N2O4/c1-3-21(16-9-5-4-6-10-16)19(25)23(20(26)22-21)13-14-27-18-12-8-7-11-17(18)15(2)24/h4-12H,3,13-14H2,1-2H3,(H,22,26). The summed E-state index contributed by atoms with van der Waals surface area (Å²) in [7, 11) is 0. The number of carbonyl (C=O) groups is 3. The monoisotopic (exact) mass is 366 g/mol. The van der Waals surface area contributed by atoms with Crippen LogP contribution in [0.15, 0.2) is 54.6 Å². The molecule has 27 heavy (non-hydrogen) atoms. The molecule has 2 aromatic rings. The van der Waals surface area contributed by atoms with E-state index in [1.54, 1.807) is 24.3 Å². The SMILES string of the molecule is CCC1(c2ccccc2)NC(=O)N(CCOc2ccccc2C(C)=O)C1=O. The molecule has 0 aliphatic carbocycles. The highest BCUT2D eigenvalue weighted by atomic mass is 16.5. The fraction of sp³-hybridized carbons (Fsp3) is 0.286.